The van der Waals surface area contributed by atoms with Gasteiger partial charge in [0.2, 0.25) is 11.9 Å². The number of hydrogen-bond donors (Lipinski definition) is 2. The molecule has 0 bridgehead atoms. The summed E-state index contributed by atoms with van der Waals surface area (Å²) in [4.78, 5) is 37.9. The van der Waals surface area contributed by atoms with Gasteiger partial charge in [0.05, 0.1) is 0 Å². The van der Waals surface area contributed by atoms with Crippen LogP contribution in [0.15, 0.2) is 42.7 Å². The summed E-state index contributed by atoms with van der Waals surface area (Å²) >= 11 is 0. The lowest BCUT2D eigenvalue weighted by atomic mass is 9.89. The molecular formula is C23H22FN5O2. The number of carbonyl (C=O) groups excluding carboxylic acids is 2. The molecule has 2 aliphatic rings. The number of anilines is 1. The highest BCUT2D eigenvalue weighted by Gasteiger charge is 2.30. The van der Waals surface area contributed by atoms with Crippen molar-refractivity contribution in [1.82, 2.24) is 19.9 Å². The minimum atomic E-state index is -0.667. The minimum absolute atomic E-state index is 0.0105. The van der Waals surface area contributed by atoms with E-state index in [1.807, 2.05) is 24.4 Å². The normalized spacial score (nSPS) is 18.7. The minimum Gasteiger partial charge on any atom is -0.346 e. The number of pyridine rings is 2. The Bertz CT molecular complexity index is 1210. The van der Waals surface area contributed by atoms with Crippen molar-refractivity contribution in [2.75, 3.05) is 18.4 Å². The van der Waals surface area contributed by atoms with Crippen LogP contribution in [-0.4, -0.2) is 44.8 Å². The molecule has 5 rings (SSSR count). The van der Waals surface area contributed by atoms with E-state index >= 15 is 0 Å². The smallest absolute Gasteiger partial charge is 0.254 e. The van der Waals surface area contributed by atoms with Crippen LogP contribution in [0.4, 0.5) is 10.2 Å². The summed E-state index contributed by atoms with van der Waals surface area (Å²) < 4.78 is 13.4. The highest BCUT2D eigenvalue weighted by molar-refractivity contribution is 5.98. The Balaban J connectivity index is 1.44. The summed E-state index contributed by atoms with van der Waals surface area (Å²) in [6, 6.07) is 6.56. The Morgan fingerprint density at radius 3 is 2.84 bits per heavy atom. The van der Waals surface area contributed by atoms with Crippen LogP contribution >= 0.6 is 0 Å². The van der Waals surface area contributed by atoms with Gasteiger partial charge in [-0.25, -0.2) is 9.97 Å². The monoisotopic (exact) mass is 419 g/mol. The van der Waals surface area contributed by atoms with E-state index in [1.54, 1.807) is 4.90 Å². The molecule has 0 unspecified atom stereocenters. The van der Waals surface area contributed by atoms with Gasteiger partial charge in [-0.1, -0.05) is 13.0 Å². The second-order valence-corrected chi connectivity index (χ2v) is 8.20. The summed E-state index contributed by atoms with van der Waals surface area (Å²) in [5, 5.41) is 3.90. The van der Waals surface area contributed by atoms with Crippen molar-refractivity contribution in [2.24, 2.45) is 11.8 Å². The van der Waals surface area contributed by atoms with Crippen LogP contribution in [-0.2, 0) is 4.79 Å². The average Bonchev–Trinajstić information content (AvgIpc) is 3.51. The molecule has 1 atom stereocenters. The predicted octanol–water partition coefficient (Wildman–Crippen LogP) is 3.62. The van der Waals surface area contributed by atoms with Crippen LogP contribution in [0.25, 0.3) is 16.6 Å². The molecule has 0 radical (unpaired) electrons. The molecule has 3 aromatic rings. The fourth-order valence-electron chi connectivity index (χ4n) is 4.09. The molecule has 8 heteroatoms. The van der Waals surface area contributed by atoms with Gasteiger partial charge in [0.25, 0.3) is 5.91 Å². The maximum absolute atomic E-state index is 13.4. The number of nitrogens with one attached hydrogen (secondary N) is 2. The zero-order valence-electron chi connectivity index (χ0n) is 17.1. The van der Waals surface area contributed by atoms with Crippen molar-refractivity contribution in [3.05, 3.63) is 59.8 Å². The lowest BCUT2D eigenvalue weighted by molar-refractivity contribution is -0.117. The SMILES string of the molecule is C[C@@H]1CN(C(=O)c2ccnc(F)c2)CC=C1c1cc(NC(=O)C2CC2)nc2[nH]ccc12. The van der Waals surface area contributed by atoms with Crippen molar-refractivity contribution in [3.63, 3.8) is 0 Å². The van der Waals surface area contributed by atoms with Gasteiger partial charge in [0.1, 0.15) is 11.5 Å². The first-order valence-corrected chi connectivity index (χ1v) is 10.4. The van der Waals surface area contributed by atoms with E-state index < -0.39 is 5.95 Å². The largest absolute Gasteiger partial charge is 0.346 e. The van der Waals surface area contributed by atoms with Crippen LogP contribution < -0.4 is 5.32 Å². The predicted molar refractivity (Wildman–Crippen MR) is 115 cm³/mol. The van der Waals surface area contributed by atoms with Gasteiger partial charge >= 0.3 is 0 Å². The first-order valence-electron chi connectivity index (χ1n) is 10.4. The quantitative estimate of drug-likeness (QED) is 0.632. The topological polar surface area (TPSA) is 91.0 Å². The van der Waals surface area contributed by atoms with Gasteiger partial charge in [0.15, 0.2) is 0 Å². The fraction of sp³-hybridized carbons (Fsp3) is 0.304. The number of carbonyl (C=O) groups is 2. The third kappa shape index (κ3) is 3.81. The van der Waals surface area contributed by atoms with E-state index in [0.717, 1.165) is 35.4 Å². The Morgan fingerprint density at radius 2 is 2.10 bits per heavy atom. The third-order valence-electron chi connectivity index (χ3n) is 5.86. The van der Waals surface area contributed by atoms with E-state index in [4.69, 9.17) is 0 Å². The zero-order valence-corrected chi connectivity index (χ0v) is 17.1. The van der Waals surface area contributed by atoms with Crippen LogP contribution in [0, 0.1) is 17.8 Å². The summed E-state index contributed by atoms with van der Waals surface area (Å²) in [6.45, 7) is 2.98. The van der Waals surface area contributed by atoms with E-state index in [0.29, 0.717) is 30.1 Å². The van der Waals surface area contributed by atoms with Crippen molar-refractivity contribution in [2.45, 2.75) is 19.8 Å². The second kappa shape index (κ2) is 7.61. The highest BCUT2D eigenvalue weighted by atomic mass is 19.1. The zero-order chi connectivity index (χ0) is 21.5. The summed E-state index contributed by atoms with van der Waals surface area (Å²) in [7, 11) is 0. The number of aromatic amines is 1. The maximum atomic E-state index is 13.4. The number of nitrogens with zero attached hydrogens (tertiary/aromatic N) is 3. The van der Waals surface area contributed by atoms with Gasteiger partial charge in [-0.2, -0.15) is 4.39 Å². The van der Waals surface area contributed by atoms with Crippen molar-refractivity contribution in [1.29, 1.82) is 0 Å². The Morgan fingerprint density at radius 1 is 1.26 bits per heavy atom. The Labute approximate surface area is 178 Å². The number of halogens is 1. The fourth-order valence-corrected chi connectivity index (χ4v) is 4.09. The molecule has 1 aliphatic heterocycles. The average molecular weight is 419 g/mol. The second-order valence-electron chi connectivity index (χ2n) is 8.20. The van der Waals surface area contributed by atoms with Gasteiger partial charge in [-0.05, 0) is 48.1 Å². The number of H-pyrrole nitrogens is 1. The van der Waals surface area contributed by atoms with Gasteiger partial charge in [-0.3, -0.25) is 9.59 Å². The first kappa shape index (κ1) is 19.4. The van der Waals surface area contributed by atoms with Crippen molar-refractivity contribution < 1.29 is 14.0 Å². The van der Waals surface area contributed by atoms with Crippen LogP contribution in [0.2, 0.25) is 0 Å². The number of amides is 2. The first-order chi connectivity index (χ1) is 15.0. The molecule has 1 saturated carbocycles. The third-order valence-corrected chi connectivity index (χ3v) is 5.86. The van der Waals surface area contributed by atoms with Crippen LogP contribution in [0.5, 0.6) is 0 Å². The maximum Gasteiger partial charge on any atom is 0.254 e. The molecule has 1 fully saturated rings. The molecule has 0 spiro atoms. The van der Waals surface area contributed by atoms with E-state index in [1.165, 1.54) is 12.3 Å². The van der Waals surface area contributed by atoms with Gasteiger partial charge < -0.3 is 15.2 Å². The molecule has 0 aromatic carbocycles. The molecule has 31 heavy (non-hydrogen) atoms. The van der Waals surface area contributed by atoms with Crippen molar-refractivity contribution >= 4 is 34.2 Å². The summed E-state index contributed by atoms with van der Waals surface area (Å²) in [6.07, 6.45) is 7.01. The highest BCUT2D eigenvalue weighted by Crippen LogP contribution is 2.35. The van der Waals surface area contributed by atoms with E-state index in [-0.39, 0.29) is 23.7 Å². The molecule has 2 N–H and O–H groups in total. The summed E-state index contributed by atoms with van der Waals surface area (Å²) in [5.41, 5.74) is 3.09. The molecular weight excluding hydrogens is 397 g/mol. The lowest BCUT2D eigenvalue weighted by Crippen LogP contribution is -2.38. The number of rotatable bonds is 4. The van der Waals surface area contributed by atoms with E-state index in [2.05, 4.69) is 27.2 Å². The molecule has 0 saturated heterocycles. The molecule has 7 nitrogen and oxygen atoms in total. The summed E-state index contributed by atoms with van der Waals surface area (Å²) in [5.74, 6) is -0.203. The van der Waals surface area contributed by atoms with Crippen LogP contribution in [0.3, 0.4) is 0 Å². The standard InChI is InChI=1S/C23H22FN5O2/c1-13-12-29(23(31)15-4-7-25-19(24)10-15)9-6-16(13)18-11-20(28-22(30)14-2-3-14)27-21-17(18)5-8-26-21/h4-8,10-11,13-14H,2-3,9,12H2,1H3,(H2,26,27,28,30)/t13-/m1/s1. The van der Waals surface area contributed by atoms with Gasteiger partial charge in [0, 0.05) is 48.4 Å². The molecule has 3 aromatic heterocycles. The molecule has 158 valence electrons. The van der Waals surface area contributed by atoms with Gasteiger partial charge in [-0.15, -0.1) is 0 Å². The molecule has 2 amide bonds. The van der Waals surface area contributed by atoms with Crippen molar-refractivity contribution in [3.8, 4) is 0 Å². The Kier molecular flexibility index (Phi) is 4.77. The molecule has 1 aliphatic carbocycles. The number of fused-ring (bicyclic) bond motifs is 1. The Hall–Kier alpha value is -3.55. The molecule has 4 heterocycles. The number of hydrogen-bond acceptors (Lipinski definition) is 4. The lowest BCUT2D eigenvalue weighted by Gasteiger charge is -2.31. The van der Waals surface area contributed by atoms with E-state index in [9.17, 15) is 14.0 Å². The van der Waals surface area contributed by atoms with Crippen LogP contribution in [0.1, 0.15) is 35.7 Å². The number of aromatic nitrogens is 3.